The molecule has 0 radical (unpaired) electrons. The van der Waals surface area contributed by atoms with Gasteiger partial charge in [-0.15, -0.1) is 0 Å². The number of carboxylic acids is 1. The fourth-order valence-corrected chi connectivity index (χ4v) is 3.35. The molecule has 0 aromatic heterocycles. The summed E-state index contributed by atoms with van der Waals surface area (Å²) in [6.45, 7) is 3.01. The Labute approximate surface area is 196 Å². The van der Waals surface area contributed by atoms with E-state index in [4.69, 9.17) is 37.4 Å². The second-order valence-corrected chi connectivity index (χ2v) is 7.66. The van der Waals surface area contributed by atoms with E-state index in [-0.39, 0.29) is 5.56 Å². The average Bonchev–Trinajstić information content (AvgIpc) is 2.79. The normalized spacial score (nSPS) is 10.5. The first kappa shape index (κ1) is 23.6. The molecule has 0 spiro atoms. The van der Waals surface area contributed by atoms with Gasteiger partial charge in [0.1, 0.15) is 12.4 Å². The largest absolute Gasteiger partial charge is 0.495 e. The second kappa shape index (κ2) is 11.0. The molecule has 0 fully saturated rings. The van der Waals surface area contributed by atoms with Crippen LogP contribution >= 0.6 is 23.2 Å². The summed E-state index contributed by atoms with van der Waals surface area (Å²) in [4.78, 5) is 11.3. The third kappa shape index (κ3) is 5.99. The number of ether oxygens (including phenoxy) is 3. The summed E-state index contributed by atoms with van der Waals surface area (Å²) in [6.07, 6.45) is 0. The molecular weight excluding hydrogens is 453 g/mol. The maximum Gasteiger partial charge on any atom is 0.335 e. The van der Waals surface area contributed by atoms with Crippen LogP contribution in [0.4, 0.5) is 5.69 Å². The summed E-state index contributed by atoms with van der Waals surface area (Å²) in [5.74, 6) is 0.601. The van der Waals surface area contributed by atoms with Crippen molar-refractivity contribution in [2.75, 3.05) is 19.0 Å². The van der Waals surface area contributed by atoms with Gasteiger partial charge in [-0.05, 0) is 54.4 Å². The maximum absolute atomic E-state index is 11.3. The Morgan fingerprint density at radius 1 is 0.969 bits per heavy atom. The van der Waals surface area contributed by atoms with Gasteiger partial charge >= 0.3 is 5.97 Å². The topological polar surface area (TPSA) is 77.0 Å². The Kier molecular flexibility index (Phi) is 8.09. The second-order valence-electron chi connectivity index (χ2n) is 6.81. The minimum atomic E-state index is -1.02. The highest BCUT2D eigenvalue weighted by molar-refractivity contribution is 6.31. The molecule has 0 amide bonds. The van der Waals surface area contributed by atoms with Crippen LogP contribution in [-0.2, 0) is 13.2 Å². The zero-order chi connectivity index (χ0) is 23.1. The van der Waals surface area contributed by atoms with Crippen molar-refractivity contribution in [1.29, 1.82) is 0 Å². The molecule has 168 valence electrons. The number of carbonyl (C=O) groups is 1. The van der Waals surface area contributed by atoms with E-state index in [0.717, 1.165) is 11.1 Å². The van der Waals surface area contributed by atoms with Crippen molar-refractivity contribution in [2.24, 2.45) is 0 Å². The van der Waals surface area contributed by atoms with Crippen LogP contribution in [-0.4, -0.2) is 24.8 Å². The molecule has 0 aliphatic carbocycles. The van der Waals surface area contributed by atoms with Crippen molar-refractivity contribution in [3.05, 3.63) is 81.3 Å². The molecule has 8 heteroatoms. The molecule has 32 heavy (non-hydrogen) atoms. The number of carboxylic acid groups (broad SMARTS) is 1. The molecule has 0 unspecified atom stereocenters. The van der Waals surface area contributed by atoms with Crippen molar-refractivity contribution in [3.8, 4) is 17.2 Å². The number of rotatable bonds is 10. The number of anilines is 1. The number of hydrogen-bond donors (Lipinski definition) is 2. The van der Waals surface area contributed by atoms with Gasteiger partial charge in [0.05, 0.1) is 25.0 Å². The fraction of sp³-hybridized carbons (Fsp3) is 0.208. The maximum atomic E-state index is 11.3. The van der Waals surface area contributed by atoms with E-state index in [1.54, 1.807) is 24.3 Å². The van der Waals surface area contributed by atoms with Crippen molar-refractivity contribution in [2.45, 2.75) is 20.1 Å². The molecule has 0 saturated heterocycles. The predicted octanol–water partition coefficient (Wildman–Crippen LogP) is 6.29. The Balaban J connectivity index is 1.79. The number of methoxy groups -OCH3 is 1. The molecule has 0 saturated carbocycles. The van der Waals surface area contributed by atoms with Crippen molar-refractivity contribution in [3.63, 3.8) is 0 Å². The van der Waals surface area contributed by atoms with Gasteiger partial charge in [-0.1, -0.05) is 35.3 Å². The summed E-state index contributed by atoms with van der Waals surface area (Å²) in [5, 5.41) is 13.6. The SMILES string of the molecule is CCOc1cc(CNc2cc(C(=O)O)ccc2OC)c(Cl)cc1OCc1ccc(Cl)cc1. The van der Waals surface area contributed by atoms with Crippen molar-refractivity contribution >= 4 is 34.9 Å². The highest BCUT2D eigenvalue weighted by atomic mass is 35.5. The number of hydrogen-bond acceptors (Lipinski definition) is 5. The highest BCUT2D eigenvalue weighted by Crippen LogP contribution is 2.35. The fourth-order valence-electron chi connectivity index (χ4n) is 3.01. The van der Waals surface area contributed by atoms with Gasteiger partial charge in [-0.2, -0.15) is 0 Å². The molecule has 0 aliphatic heterocycles. The van der Waals surface area contributed by atoms with Gasteiger partial charge in [0.2, 0.25) is 0 Å². The molecule has 0 aliphatic rings. The lowest BCUT2D eigenvalue weighted by molar-refractivity contribution is 0.0697. The van der Waals surface area contributed by atoms with Crippen LogP contribution in [0.3, 0.4) is 0 Å². The van der Waals surface area contributed by atoms with E-state index in [1.165, 1.54) is 19.2 Å². The smallest absolute Gasteiger partial charge is 0.335 e. The van der Waals surface area contributed by atoms with Crippen LogP contribution in [0.15, 0.2) is 54.6 Å². The molecule has 0 bridgehead atoms. The monoisotopic (exact) mass is 475 g/mol. The van der Waals surface area contributed by atoms with Gasteiger partial charge in [-0.25, -0.2) is 4.79 Å². The standard InChI is InChI=1S/C24H23Cl2NO5/c1-3-31-22-11-17(13-27-20-10-16(24(28)29)6-9-21(20)30-2)19(26)12-23(22)32-14-15-4-7-18(25)8-5-15/h4-12,27H,3,13-14H2,1-2H3,(H,28,29). The van der Waals surface area contributed by atoms with E-state index >= 15 is 0 Å². The molecule has 2 N–H and O–H groups in total. The van der Waals surface area contributed by atoms with Gasteiger partial charge in [0.15, 0.2) is 11.5 Å². The van der Waals surface area contributed by atoms with E-state index in [2.05, 4.69) is 5.32 Å². The van der Waals surface area contributed by atoms with Gasteiger partial charge in [0, 0.05) is 22.7 Å². The van der Waals surface area contributed by atoms with Crippen LogP contribution in [0.5, 0.6) is 17.2 Å². The predicted molar refractivity (Wildman–Crippen MR) is 126 cm³/mol. The quantitative estimate of drug-likeness (QED) is 0.358. The van der Waals surface area contributed by atoms with E-state index in [9.17, 15) is 9.90 Å². The lowest BCUT2D eigenvalue weighted by Crippen LogP contribution is -2.06. The number of benzene rings is 3. The summed E-state index contributed by atoms with van der Waals surface area (Å²) >= 11 is 12.4. The van der Waals surface area contributed by atoms with Gasteiger partial charge in [0.25, 0.3) is 0 Å². The summed E-state index contributed by atoms with van der Waals surface area (Å²) < 4.78 is 17.0. The van der Waals surface area contributed by atoms with E-state index in [0.29, 0.717) is 52.7 Å². The van der Waals surface area contributed by atoms with Gasteiger partial charge < -0.3 is 24.6 Å². The summed E-state index contributed by atoms with van der Waals surface area (Å²) in [7, 11) is 1.52. The third-order valence-corrected chi connectivity index (χ3v) is 5.24. The number of halogens is 2. The van der Waals surface area contributed by atoms with E-state index in [1.807, 2.05) is 25.1 Å². The summed E-state index contributed by atoms with van der Waals surface area (Å²) in [5.41, 5.74) is 2.42. The lowest BCUT2D eigenvalue weighted by Gasteiger charge is -2.17. The van der Waals surface area contributed by atoms with Crippen molar-refractivity contribution < 1.29 is 24.1 Å². The number of aromatic carboxylic acids is 1. The Morgan fingerprint density at radius 3 is 2.34 bits per heavy atom. The summed E-state index contributed by atoms with van der Waals surface area (Å²) in [6, 6.07) is 15.5. The average molecular weight is 476 g/mol. The Bertz CT molecular complexity index is 1090. The molecule has 3 aromatic rings. The molecule has 0 atom stereocenters. The van der Waals surface area contributed by atoms with Crippen LogP contribution in [0.2, 0.25) is 10.0 Å². The van der Waals surface area contributed by atoms with Crippen LogP contribution in [0.1, 0.15) is 28.4 Å². The van der Waals surface area contributed by atoms with Crippen LogP contribution in [0, 0.1) is 0 Å². The lowest BCUT2D eigenvalue weighted by atomic mass is 10.1. The molecule has 0 heterocycles. The Hall–Kier alpha value is -3.09. The van der Waals surface area contributed by atoms with Gasteiger partial charge in [-0.3, -0.25) is 0 Å². The Morgan fingerprint density at radius 2 is 1.69 bits per heavy atom. The first-order chi connectivity index (χ1) is 15.4. The van der Waals surface area contributed by atoms with E-state index < -0.39 is 5.97 Å². The van der Waals surface area contributed by atoms with Crippen molar-refractivity contribution in [1.82, 2.24) is 0 Å². The minimum Gasteiger partial charge on any atom is -0.495 e. The first-order valence-corrected chi connectivity index (χ1v) is 10.6. The zero-order valence-electron chi connectivity index (χ0n) is 17.7. The number of nitrogens with one attached hydrogen (secondary N) is 1. The van der Waals surface area contributed by atoms with Crippen LogP contribution in [0.25, 0.3) is 0 Å². The minimum absolute atomic E-state index is 0.153. The molecule has 3 rings (SSSR count). The highest BCUT2D eigenvalue weighted by Gasteiger charge is 2.14. The molecular formula is C24H23Cl2NO5. The molecule has 3 aromatic carbocycles. The van der Waals surface area contributed by atoms with Crippen LogP contribution < -0.4 is 19.5 Å². The molecule has 6 nitrogen and oxygen atoms in total. The third-order valence-electron chi connectivity index (χ3n) is 4.64. The first-order valence-electron chi connectivity index (χ1n) is 9.89. The zero-order valence-corrected chi connectivity index (χ0v) is 19.2.